The maximum atomic E-state index is 12.5. The van der Waals surface area contributed by atoms with Gasteiger partial charge in [0.2, 0.25) is 0 Å². The predicted molar refractivity (Wildman–Crippen MR) is 86.7 cm³/mol. The number of anilines is 1. The van der Waals surface area contributed by atoms with E-state index in [1.807, 2.05) is 12.1 Å². The first-order chi connectivity index (χ1) is 10.9. The lowest BCUT2D eigenvalue weighted by Crippen LogP contribution is -2.10. The standard InChI is InChI=1S/C15H12Cl2F3N3/c16-12-3-1-10(2-4-12)8-21-5-6-22-14-13(17)7-11(9-23-14)15(18,19)20/h1-4,7-9H,5-6H2,(H,22,23). The van der Waals surface area contributed by atoms with Crippen LogP contribution in [0.2, 0.25) is 10.0 Å². The van der Waals surface area contributed by atoms with E-state index in [1.54, 1.807) is 18.3 Å². The van der Waals surface area contributed by atoms with Crippen molar-refractivity contribution in [1.82, 2.24) is 4.98 Å². The highest BCUT2D eigenvalue weighted by molar-refractivity contribution is 6.33. The second-order valence-electron chi connectivity index (χ2n) is 4.57. The van der Waals surface area contributed by atoms with Crippen molar-refractivity contribution in [3.05, 3.63) is 57.7 Å². The lowest BCUT2D eigenvalue weighted by molar-refractivity contribution is -0.137. The first-order valence-corrected chi connectivity index (χ1v) is 7.34. The minimum Gasteiger partial charge on any atom is -0.367 e. The van der Waals surface area contributed by atoms with E-state index in [0.29, 0.717) is 18.1 Å². The molecule has 0 amide bonds. The summed E-state index contributed by atoms with van der Waals surface area (Å²) in [4.78, 5) is 7.87. The van der Waals surface area contributed by atoms with Crippen LogP contribution in [0.1, 0.15) is 11.1 Å². The predicted octanol–water partition coefficient (Wildman–Crippen LogP) is 4.94. The molecule has 0 radical (unpaired) electrons. The van der Waals surface area contributed by atoms with Crippen molar-refractivity contribution >= 4 is 35.2 Å². The topological polar surface area (TPSA) is 37.3 Å². The molecule has 1 aromatic heterocycles. The van der Waals surface area contributed by atoms with Gasteiger partial charge in [0.05, 0.1) is 17.1 Å². The molecule has 8 heteroatoms. The average molecular weight is 362 g/mol. The summed E-state index contributed by atoms with van der Waals surface area (Å²) in [5.74, 6) is 0.196. The summed E-state index contributed by atoms with van der Waals surface area (Å²) in [7, 11) is 0. The summed E-state index contributed by atoms with van der Waals surface area (Å²) in [5, 5.41) is 3.40. The van der Waals surface area contributed by atoms with Crippen LogP contribution in [0.15, 0.2) is 41.5 Å². The molecule has 0 aliphatic heterocycles. The third kappa shape index (κ3) is 5.41. The van der Waals surface area contributed by atoms with Crippen molar-refractivity contribution in [2.24, 2.45) is 4.99 Å². The number of nitrogens with zero attached hydrogens (tertiary/aromatic N) is 2. The molecule has 0 saturated heterocycles. The fourth-order valence-electron chi connectivity index (χ4n) is 1.68. The molecular formula is C15H12Cl2F3N3. The Hall–Kier alpha value is -1.79. The number of benzene rings is 1. The van der Waals surface area contributed by atoms with E-state index in [0.717, 1.165) is 17.8 Å². The number of alkyl halides is 3. The second-order valence-corrected chi connectivity index (χ2v) is 5.41. The minimum atomic E-state index is -4.46. The molecule has 0 aliphatic carbocycles. The molecule has 0 atom stereocenters. The molecule has 1 heterocycles. The van der Waals surface area contributed by atoms with Gasteiger partial charge in [0.25, 0.3) is 0 Å². The van der Waals surface area contributed by atoms with Gasteiger partial charge in [-0.05, 0) is 23.8 Å². The van der Waals surface area contributed by atoms with Crippen molar-refractivity contribution in [2.75, 3.05) is 18.4 Å². The van der Waals surface area contributed by atoms with Gasteiger partial charge in [-0.15, -0.1) is 0 Å². The molecule has 1 aromatic carbocycles. The van der Waals surface area contributed by atoms with Gasteiger partial charge in [0, 0.05) is 24.0 Å². The molecule has 0 fully saturated rings. The first-order valence-electron chi connectivity index (χ1n) is 6.58. The number of nitrogens with one attached hydrogen (secondary N) is 1. The lowest BCUT2D eigenvalue weighted by atomic mass is 10.2. The summed E-state index contributed by atoms with van der Waals surface area (Å²) in [6, 6.07) is 8.01. The van der Waals surface area contributed by atoms with Crippen LogP contribution < -0.4 is 5.32 Å². The van der Waals surface area contributed by atoms with Crippen LogP contribution >= 0.6 is 23.2 Å². The molecule has 23 heavy (non-hydrogen) atoms. The van der Waals surface area contributed by atoms with Crippen LogP contribution in [0.25, 0.3) is 0 Å². The molecule has 0 spiro atoms. The maximum Gasteiger partial charge on any atom is 0.417 e. The number of pyridine rings is 1. The molecule has 0 aliphatic rings. The van der Waals surface area contributed by atoms with Crippen LogP contribution in [-0.2, 0) is 6.18 Å². The molecule has 0 bridgehead atoms. The van der Waals surface area contributed by atoms with Gasteiger partial charge in [-0.1, -0.05) is 35.3 Å². The lowest BCUT2D eigenvalue weighted by Gasteiger charge is -2.10. The Morgan fingerprint density at radius 2 is 1.87 bits per heavy atom. The zero-order chi connectivity index (χ0) is 16.9. The van der Waals surface area contributed by atoms with Gasteiger partial charge in [-0.2, -0.15) is 13.2 Å². The largest absolute Gasteiger partial charge is 0.417 e. The number of hydrogen-bond acceptors (Lipinski definition) is 3. The Morgan fingerprint density at radius 3 is 2.48 bits per heavy atom. The fraction of sp³-hybridized carbons (Fsp3) is 0.200. The molecule has 2 rings (SSSR count). The van der Waals surface area contributed by atoms with Gasteiger partial charge in [-0.3, -0.25) is 4.99 Å². The maximum absolute atomic E-state index is 12.5. The number of rotatable bonds is 5. The van der Waals surface area contributed by atoms with Gasteiger partial charge < -0.3 is 5.32 Å². The number of aliphatic imine (C=N–C) groups is 1. The highest BCUT2D eigenvalue weighted by Gasteiger charge is 2.31. The zero-order valence-corrected chi connectivity index (χ0v) is 13.3. The molecule has 0 unspecified atom stereocenters. The molecule has 122 valence electrons. The van der Waals surface area contributed by atoms with Crippen molar-refractivity contribution in [2.45, 2.75) is 6.18 Å². The van der Waals surface area contributed by atoms with Crippen molar-refractivity contribution in [3.8, 4) is 0 Å². The summed E-state index contributed by atoms with van der Waals surface area (Å²) in [6.45, 7) is 0.809. The van der Waals surface area contributed by atoms with E-state index >= 15 is 0 Å². The Labute approximate surface area is 141 Å². The normalized spacial score (nSPS) is 11.9. The molecule has 2 aromatic rings. The van der Waals surface area contributed by atoms with Crippen LogP contribution in [-0.4, -0.2) is 24.3 Å². The van der Waals surface area contributed by atoms with Gasteiger partial charge in [-0.25, -0.2) is 4.98 Å². The van der Waals surface area contributed by atoms with E-state index in [1.165, 1.54) is 0 Å². The van der Waals surface area contributed by atoms with E-state index in [2.05, 4.69) is 15.3 Å². The smallest absolute Gasteiger partial charge is 0.367 e. The van der Waals surface area contributed by atoms with E-state index in [-0.39, 0.29) is 10.8 Å². The zero-order valence-electron chi connectivity index (χ0n) is 11.7. The third-order valence-electron chi connectivity index (χ3n) is 2.81. The van der Waals surface area contributed by atoms with Crippen molar-refractivity contribution < 1.29 is 13.2 Å². The highest BCUT2D eigenvalue weighted by Crippen LogP contribution is 2.32. The number of hydrogen-bond donors (Lipinski definition) is 1. The van der Waals surface area contributed by atoms with Gasteiger partial charge >= 0.3 is 6.18 Å². The number of aromatic nitrogens is 1. The molecule has 0 saturated carbocycles. The monoisotopic (exact) mass is 361 g/mol. The molecule has 3 nitrogen and oxygen atoms in total. The quantitative estimate of drug-likeness (QED) is 0.604. The Kier molecular flexibility index (Phi) is 5.85. The Balaban J connectivity index is 1.85. The molecular weight excluding hydrogens is 350 g/mol. The average Bonchev–Trinajstić information content (AvgIpc) is 2.49. The highest BCUT2D eigenvalue weighted by atomic mass is 35.5. The third-order valence-corrected chi connectivity index (χ3v) is 3.35. The Morgan fingerprint density at radius 1 is 1.17 bits per heavy atom. The van der Waals surface area contributed by atoms with Gasteiger partial charge in [0.15, 0.2) is 0 Å². The van der Waals surface area contributed by atoms with Crippen LogP contribution in [0.3, 0.4) is 0 Å². The van der Waals surface area contributed by atoms with E-state index in [9.17, 15) is 13.2 Å². The minimum absolute atomic E-state index is 0.0819. The van der Waals surface area contributed by atoms with E-state index < -0.39 is 11.7 Å². The summed E-state index contributed by atoms with van der Waals surface area (Å²) in [6.07, 6.45) is -2.04. The van der Waals surface area contributed by atoms with Crippen molar-refractivity contribution in [3.63, 3.8) is 0 Å². The SMILES string of the molecule is FC(F)(F)c1cnc(NCCN=Cc2ccc(Cl)cc2)c(Cl)c1. The van der Waals surface area contributed by atoms with Crippen LogP contribution in [0.5, 0.6) is 0 Å². The first kappa shape index (κ1) is 17.6. The summed E-state index contributed by atoms with van der Waals surface area (Å²) < 4.78 is 37.5. The van der Waals surface area contributed by atoms with Crippen molar-refractivity contribution in [1.29, 1.82) is 0 Å². The van der Waals surface area contributed by atoms with Gasteiger partial charge in [0.1, 0.15) is 5.82 Å². The van der Waals surface area contributed by atoms with Crippen LogP contribution in [0.4, 0.5) is 19.0 Å². The van der Waals surface area contributed by atoms with E-state index in [4.69, 9.17) is 23.2 Å². The fourth-order valence-corrected chi connectivity index (χ4v) is 2.04. The second kappa shape index (κ2) is 7.66. The molecule has 1 N–H and O–H groups in total. The Bertz CT molecular complexity index is 685. The summed E-state index contributed by atoms with van der Waals surface area (Å²) in [5.41, 5.74) is 0.0221. The van der Waals surface area contributed by atoms with Crippen LogP contribution in [0, 0.1) is 0 Å². The summed E-state index contributed by atoms with van der Waals surface area (Å²) >= 11 is 11.6. The number of halogens is 5.